The van der Waals surface area contributed by atoms with Crippen LogP contribution in [0, 0.1) is 11.5 Å². The van der Waals surface area contributed by atoms with Gasteiger partial charge in [0.2, 0.25) is 6.19 Å². The molecule has 3 nitrogen and oxygen atoms in total. The molecule has 0 fully saturated rings. The predicted molar refractivity (Wildman–Crippen MR) is 32.7 cm³/mol. The lowest BCUT2D eigenvalue weighted by molar-refractivity contribution is 0.687. The monoisotopic (exact) mass is 132 g/mol. The van der Waals surface area contributed by atoms with E-state index in [0.29, 0.717) is 5.75 Å². The normalized spacial score (nSPS) is 13.0. The second kappa shape index (κ2) is 4.60. The molecule has 0 aliphatic rings. The molecule has 0 aliphatic carbocycles. The molecule has 8 heavy (non-hydrogen) atoms. The first-order chi connectivity index (χ1) is 3.81. The van der Waals surface area contributed by atoms with Crippen LogP contribution in [0.25, 0.3) is 0 Å². The molecule has 1 unspecified atom stereocenters. The Bertz CT molecular complexity index is 163. The number of nitriles is 1. The van der Waals surface area contributed by atoms with Crippen LogP contribution in [0.3, 0.4) is 0 Å². The molecule has 0 aromatic heterocycles. The Morgan fingerprint density at radius 2 is 2.50 bits per heavy atom. The number of thiol groups is 1. The second-order valence-corrected chi connectivity index (χ2v) is 2.63. The third-order valence-electron chi connectivity index (χ3n) is 0.571. The molecule has 0 rings (SSSR count). The molecule has 46 valence electrons. The summed E-state index contributed by atoms with van der Waals surface area (Å²) in [5.41, 5.74) is 0. The first-order valence-corrected chi connectivity index (χ1v) is 3.75. The van der Waals surface area contributed by atoms with Crippen molar-refractivity contribution in [2.45, 2.75) is 13.3 Å². The number of hydrogen-bond acceptors (Lipinski definition) is 3. The molecular weight excluding hydrogens is 124 g/mol. The Kier molecular flexibility index (Phi) is 4.27. The van der Waals surface area contributed by atoms with E-state index in [4.69, 9.17) is 5.26 Å². The van der Waals surface area contributed by atoms with E-state index >= 15 is 0 Å². The minimum atomic E-state index is -1.57. The van der Waals surface area contributed by atoms with E-state index in [2.05, 4.69) is 4.36 Å². The van der Waals surface area contributed by atoms with Crippen LogP contribution in [0.4, 0.5) is 0 Å². The summed E-state index contributed by atoms with van der Waals surface area (Å²) in [6, 6.07) is 0. The average Bonchev–Trinajstić information content (AvgIpc) is 1.68. The highest BCUT2D eigenvalue weighted by Crippen LogP contribution is 1.78. The van der Waals surface area contributed by atoms with Gasteiger partial charge in [0.05, 0.1) is 10.6 Å². The van der Waals surface area contributed by atoms with Crippen molar-refractivity contribution in [2.75, 3.05) is 5.75 Å². The lowest BCUT2D eigenvalue weighted by atomic mass is 10.6. The topological polar surface area (TPSA) is 53.2 Å². The highest BCUT2D eigenvalue weighted by molar-refractivity contribution is 7.74. The SMILES string of the molecule is CCC/[SH](=O)=N/C#N. The molecule has 1 atom stereocenters. The highest BCUT2D eigenvalue weighted by Gasteiger charge is 1.78. The van der Waals surface area contributed by atoms with Crippen molar-refractivity contribution in [3.8, 4) is 6.19 Å². The van der Waals surface area contributed by atoms with Crippen molar-refractivity contribution < 1.29 is 4.21 Å². The van der Waals surface area contributed by atoms with Crippen LogP contribution in [0.15, 0.2) is 4.36 Å². The first-order valence-electron chi connectivity index (χ1n) is 2.35. The van der Waals surface area contributed by atoms with Gasteiger partial charge in [-0.25, -0.2) is 0 Å². The fourth-order valence-corrected chi connectivity index (χ4v) is 0.874. The number of hydrogen-bond donors (Lipinski definition) is 1. The summed E-state index contributed by atoms with van der Waals surface area (Å²) in [5, 5.41) is 7.86. The van der Waals surface area contributed by atoms with Gasteiger partial charge in [-0.1, -0.05) is 6.92 Å². The summed E-state index contributed by atoms with van der Waals surface area (Å²) in [7, 11) is -1.57. The van der Waals surface area contributed by atoms with Crippen molar-refractivity contribution in [1.82, 2.24) is 0 Å². The van der Waals surface area contributed by atoms with Crippen LogP contribution in [0.2, 0.25) is 0 Å². The Morgan fingerprint density at radius 3 is 2.88 bits per heavy atom. The van der Waals surface area contributed by atoms with Gasteiger partial charge in [0.15, 0.2) is 0 Å². The van der Waals surface area contributed by atoms with Crippen LogP contribution < -0.4 is 0 Å². The van der Waals surface area contributed by atoms with Crippen molar-refractivity contribution in [2.24, 2.45) is 4.36 Å². The van der Waals surface area contributed by atoms with Crippen molar-refractivity contribution >= 4 is 10.6 Å². The van der Waals surface area contributed by atoms with Gasteiger partial charge >= 0.3 is 0 Å². The minimum Gasteiger partial charge on any atom is -0.252 e. The predicted octanol–water partition coefficient (Wildman–Crippen LogP) is 0.542. The molecule has 0 aliphatic heterocycles. The maximum Gasteiger partial charge on any atom is 0.214 e. The fraction of sp³-hybridized carbons (Fsp3) is 0.750. The van der Waals surface area contributed by atoms with Crippen LogP contribution in [-0.2, 0) is 10.6 Å². The zero-order chi connectivity index (χ0) is 6.41. The summed E-state index contributed by atoms with van der Waals surface area (Å²) < 4.78 is 13.5. The molecule has 0 saturated heterocycles. The molecule has 0 N–H and O–H groups in total. The van der Waals surface area contributed by atoms with E-state index in [9.17, 15) is 4.21 Å². The van der Waals surface area contributed by atoms with E-state index in [-0.39, 0.29) is 0 Å². The quantitative estimate of drug-likeness (QED) is 0.440. The summed E-state index contributed by atoms with van der Waals surface area (Å²) in [5.74, 6) is 0.531. The van der Waals surface area contributed by atoms with Crippen LogP contribution in [-0.4, -0.2) is 9.96 Å². The fourth-order valence-electron chi connectivity index (χ4n) is 0.291. The van der Waals surface area contributed by atoms with Gasteiger partial charge < -0.3 is 0 Å². The van der Waals surface area contributed by atoms with Gasteiger partial charge in [-0.15, -0.1) is 4.36 Å². The van der Waals surface area contributed by atoms with Gasteiger partial charge in [-0.2, -0.15) is 5.26 Å². The molecule has 0 radical (unpaired) electrons. The maximum absolute atomic E-state index is 10.4. The maximum atomic E-state index is 10.4. The van der Waals surface area contributed by atoms with E-state index in [1.165, 1.54) is 6.19 Å². The summed E-state index contributed by atoms with van der Waals surface area (Å²) in [6.07, 6.45) is 2.31. The molecule has 0 spiro atoms. The molecule has 0 heterocycles. The minimum absolute atomic E-state index is 0.531. The lowest BCUT2D eigenvalue weighted by Gasteiger charge is -1.78. The van der Waals surface area contributed by atoms with Gasteiger partial charge in [0.1, 0.15) is 0 Å². The largest absolute Gasteiger partial charge is 0.252 e. The van der Waals surface area contributed by atoms with E-state index in [0.717, 1.165) is 6.42 Å². The molecule has 4 heteroatoms. The van der Waals surface area contributed by atoms with Crippen molar-refractivity contribution in [3.63, 3.8) is 0 Å². The Morgan fingerprint density at radius 1 is 1.88 bits per heavy atom. The summed E-state index contributed by atoms with van der Waals surface area (Å²) in [4.78, 5) is 0. The van der Waals surface area contributed by atoms with E-state index < -0.39 is 10.6 Å². The molecule has 0 aromatic carbocycles. The lowest BCUT2D eigenvalue weighted by Crippen LogP contribution is -1.81. The van der Waals surface area contributed by atoms with Crippen LogP contribution in [0.5, 0.6) is 0 Å². The Balaban J connectivity index is 3.68. The van der Waals surface area contributed by atoms with E-state index in [1.54, 1.807) is 0 Å². The van der Waals surface area contributed by atoms with Crippen LogP contribution in [0.1, 0.15) is 13.3 Å². The summed E-state index contributed by atoms with van der Waals surface area (Å²) >= 11 is 0. The summed E-state index contributed by atoms with van der Waals surface area (Å²) in [6.45, 7) is 1.90. The number of rotatable bonds is 2. The van der Waals surface area contributed by atoms with Gasteiger partial charge in [-0.3, -0.25) is 4.21 Å². The standard InChI is InChI=1S/C4H8N2OS/c1-2-3-8(7)6-4-5/h8H,2-3H2,1H3. The molecule has 0 saturated carbocycles. The molecule has 0 amide bonds. The third-order valence-corrected chi connectivity index (χ3v) is 1.71. The molecular formula is C4H8N2OS. The average molecular weight is 132 g/mol. The van der Waals surface area contributed by atoms with Crippen LogP contribution >= 0.6 is 0 Å². The van der Waals surface area contributed by atoms with Gasteiger partial charge in [0.25, 0.3) is 0 Å². The second-order valence-electron chi connectivity index (χ2n) is 1.28. The van der Waals surface area contributed by atoms with E-state index in [1.807, 2.05) is 6.92 Å². The third kappa shape index (κ3) is 3.62. The Hall–Kier alpha value is -0.560. The van der Waals surface area contributed by atoms with Crippen molar-refractivity contribution in [3.05, 3.63) is 0 Å². The molecule has 0 aromatic rings. The van der Waals surface area contributed by atoms with Gasteiger partial charge in [-0.05, 0) is 6.42 Å². The van der Waals surface area contributed by atoms with Crippen molar-refractivity contribution in [1.29, 1.82) is 5.26 Å². The first kappa shape index (κ1) is 7.44. The smallest absolute Gasteiger partial charge is 0.214 e. The zero-order valence-corrected chi connectivity index (χ0v) is 5.56. The molecule has 0 bridgehead atoms. The zero-order valence-electron chi connectivity index (χ0n) is 4.66. The number of nitrogens with zero attached hydrogens (tertiary/aromatic N) is 2. The Labute approximate surface area is 50.5 Å². The highest BCUT2D eigenvalue weighted by atomic mass is 32.2. The van der Waals surface area contributed by atoms with Gasteiger partial charge in [0, 0.05) is 5.75 Å².